The molecule has 2 unspecified atom stereocenters. The van der Waals surface area contributed by atoms with Gasteiger partial charge in [0.25, 0.3) is 0 Å². The average Bonchev–Trinajstić information content (AvgIpc) is 2.48. The monoisotopic (exact) mass is 259 g/mol. The molecule has 4 heteroatoms. The lowest BCUT2D eigenvalue weighted by atomic mass is 10.1. The van der Waals surface area contributed by atoms with Gasteiger partial charge in [0.1, 0.15) is 0 Å². The molecule has 17 heavy (non-hydrogen) atoms. The van der Waals surface area contributed by atoms with Crippen LogP contribution in [-0.4, -0.2) is 50.7 Å². The zero-order valence-electron chi connectivity index (χ0n) is 12.3. The normalized spacial score (nSPS) is 27.7. The molecule has 0 aliphatic carbocycles. The van der Waals surface area contributed by atoms with Gasteiger partial charge in [0.05, 0.1) is 6.10 Å². The van der Waals surface area contributed by atoms with Crippen LogP contribution in [0.3, 0.4) is 0 Å². The van der Waals surface area contributed by atoms with E-state index in [1.54, 1.807) is 0 Å². The first kappa shape index (κ1) is 15.2. The van der Waals surface area contributed by atoms with Crippen molar-refractivity contribution in [1.82, 2.24) is 4.90 Å². The van der Waals surface area contributed by atoms with Gasteiger partial charge in [-0.2, -0.15) is 0 Å². The van der Waals surface area contributed by atoms with E-state index in [9.17, 15) is 0 Å². The van der Waals surface area contributed by atoms with Gasteiger partial charge in [0.15, 0.2) is 8.32 Å². The molecule has 0 aromatic rings. The Morgan fingerprint density at radius 1 is 1.35 bits per heavy atom. The van der Waals surface area contributed by atoms with Gasteiger partial charge >= 0.3 is 0 Å². The van der Waals surface area contributed by atoms with E-state index in [0.29, 0.717) is 12.1 Å². The minimum Gasteiger partial charge on any atom is -0.412 e. The molecule has 0 aromatic carbocycles. The summed E-state index contributed by atoms with van der Waals surface area (Å²) >= 11 is 0. The fourth-order valence-corrected chi connectivity index (χ4v) is 3.59. The van der Waals surface area contributed by atoms with E-state index in [0.717, 1.165) is 19.4 Å². The Bertz CT molecular complexity index is 250. The maximum atomic E-state index is 9.15. The lowest BCUT2D eigenvalue weighted by Crippen LogP contribution is -2.47. The summed E-state index contributed by atoms with van der Waals surface area (Å²) < 4.78 is 6.48. The molecule has 1 aliphatic heterocycles. The van der Waals surface area contributed by atoms with Gasteiger partial charge < -0.3 is 14.4 Å². The number of likely N-dealkylation sites (tertiary alicyclic amines) is 1. The van der Waals surface area contributed by atoms with Crippen molar-refractivity contribution in [2.45, 2.75) is 63.9 Å². The van der Waals surface area contributed by atoms with E-state index in [-0.39, 0.29) is 11.6 Å². The van der Waals surface area contributed by atoms with Crippen LogP contribution < -0.4 is 0 Å². The number of rotatable bonds is 4. The topological polar surface area (TPSA) is 32.7 Å². The Kier molecular flexibility index (Phi) is 4.80. The molecule has 0 amide bonds. The SMILES string of the molecule is CN1CCC(O[Si](C)(C)C(C)(C)C)C1CCO. The molecular weight excluding hydrogens is 230 g/mol. The lowest BCUT2D eigenvalue weighted by Gasteiger charge is -2.40. The fraction of sp³-hybridized carbons (Fsp3) is 1.00. The Morgan fingerprint density at radius 2 is 1.94 bits per heavy atom. The number of aliphatic hydroxyl groups is 1. The smallest absolute Gasteiger partial charge is 0.192 e. The maximum Gasteiger partial charge on any atom is 0.192 e. The molecule has 0 aromatic heterocycles. The summed E-state index contributed by atoms with van der Waals surface area (Å²) in [4.78, 5) is 2.33. The van der Waals surface area contributed by atoms with Crippen molar-refractivity contribution in [3.8, 4) is 0 Å². The van der Waals surface area contributed by atoms with Gasteiger partial charge in [-0.05, 0) is 38.0 Å². The third-order valence-corrected chi connectivity index (χ3v) is 8.94. The van der Waals surface area contributed by atoms with Crippen LogP contribution in [0.25, 0.3) is 0 Å². The summed E-state index contributed by atoms with van der Waals surface area (Å²) in [6.45, 7) is 12.8. The quantitative estimate of drug-likeness (QED) is 0.787. The van der Waals surface area contributed by atoms with Gasteiger partial charge in [-0.1, -0.05) is 20.8 Å². The molecule has 1 fully saturated rings. The van der Waals surface area contributed by atoms with Crippen LogP contribution in [-0.2, 0) is 4.43 Å². The summed E-state index contributed by atoms with van der Waals surface area (Å²) in [5.74, 6) is 0. The van der Waals surface area contributed by atoms with Crippen molar-refractivity contribution >= 4 is 8.32 Å². The highest BCUT2D eigenvalue weighted by Gasteiger charge is 2.42. The first-order valence-electron chi connectivity index (χ1n) is 6.68. The van der Waals surface area contributed by atoms with E-state index >= 15 is 0 Å². The van der Waals surface area contributed by atoms with Crippen molar-refractivity contribution in [3.63, 3.8) is 0 Å². The second-order valence-electron chi connectivity index (χ2n) is 6.77. The molecule has 0 spiro atoms. The summed E-state index contributed by atoms with van der Waals surface area (Å²) in [6, 6.07) is 0.397. The molecule has 2 atom stereocenters. The molecule has 0 radical (unpaired) electrons. The minimum atomic E-state index is -1.68. The van der Waals surface area contributed by atoms with Crippen molar-refractivity contribution in [2.75, 3.05) is 20.2 Å². The van der Waals surface area contributed by atoms with Crippen molar-refractivity contribution < 1.29 is 9.53 Å². The van der Waals surface area contributed by atoms with Crippen molar-refractivity contribution in [2.24, 2.45) is 0 Å². The highest BCUT2D eigenvalue weighted by atomic mass is 28.4. The standard InChI is InChI=1S/C13H29NO2Si/c1-13(2,3)17(5,6)16-12-7-9-14(4)11(12)8-10-15/h11-12,15H,7-10H2,1-6H3. The molecule has 1 N–H and O–H groups in total. The fourth-order valence-electron chi connectivity index (χ4n) is 2.20. The molecular formula is C13H29NO2Si. The Hall–Kier alpha value is 0.0969. The predicted octanol–water partition coefficient (Wildman–Crippen LogP) is 2.46. The first-order valence-corrected chi connectivity index (χ1v) is 9.59. The molecule has 102 valence electrons. The van der Waals surface area contributed by atoms with E-state index in [1.807, 2.05) is 0 Å². The molecule has 0 bridgehead atoms. The van der Waals surface area contributed by atoms with Crippen LogP contribution >= 0.6 is 0 Å². The Labute approximate surface area is 107 Å². The zero-order valence-corrected chi connectivity index (χ0v) is 13.3. The van der Waals surface area contributed by atoms with Crippen molar-refractivity contribution in [3.05, 3.63) is 0 Å². The minimum absolute atomic E-state index is 0.256. The third-order valence-electron chi connectivity index (χ3n) is 4.44. The van der Waals surface area contributed by atoms with Crippen molar-refractivity contribution in [1.29, 1.82) is 0 Å². The summed E-state index contributed by atoms with van der Waals surface area (Å²) in [5, 5.41) is 9.41. The number of likely N-dealkylation sites (N-methyl/N-ethyl adjacent to an activating group) is 1. The third kappa shape index (κ3) is 3.53. The molecule has 1 saturated heterocycles. The predicted molar refractivity (Wildman–Crippen MR) is 74.8 cm³/mol. The van der Waals surface area contributed by atoms with Crippen LogP contribution in [0.2, 0.25) is 18.1 Å². The highest BCUT2D eigenvalue weighted by molar-refractivity contribution is 6.74. The van der Waals surface area contributed by atoms with E-state index in [4.69, 9.17) is 9.53 Å². The van der Waals surface area contributed by atoms with Gasteiger partial charge in [-0.3, -0.25) is 0 Å². The summed E-state index contributed by atoms with van der Waals surface area (Å²) in [5.41, 5.74) is 0. The van der Waals surface area contributed by atoms with Gasteiger partial charge in [-0.15, -0.1) is 0 Å². The number of hydrogen-bond acceptors (Lipinski definition) is 3. The average molecular weight is 259 g/mol. The molecule has 1 rings (SSSR count). The maximum absolute atomic E-state index is 9.15. The summed E-state index contributed by atoms with van der Waals surface area (Å²) in [6.07, 6.45) is 2.25. The largest absolute Gasteiger partial charge is 0.412 e. The van der Waals surface area contributed by atoms with Gasteiger partial charge in [-0.25, -0.2) is 0 Å². The van der Waals surface area contributed by atoms with Crippen LogP contribution in [0.4, 0.5) is 0 Å². The number of aliphatic hydroxyl groups excluding tert-OH is 1. The Balaban J connectivity index is 2.68. The lowest BCUT2D eigenvalue weighted by molar-refractivity contribution is 0.112. The van der Waals surface area contributed by atoms with E-state index in [2.05, 4.69) is 45.8 Å². The Morgan fingerprint density at radius 3 is 2.41 bits per heavy atom. The molecule has 1 heterocycles. The molecule has 3 nitrogen and oxygen atoms in total. The zero-order chi connectivity index (χ0) is 13.3. The first-order chi connectivity index (χ1) is 7.69. The summed E-state index contributed by atoms with van der Waals surface area (Å²) in [7, 11) is 0.456. The second kappa shape index (κ2) is 5.39. The van der Waals surface area contributed by atoms with Crippen LogP contribution in [0.5, 0.6) is 0 Å². The van der Waals surface area contributed by atoms with Gasteiger partial charge in [0, 0.05) is 19.2 Å². The van der Waals surface area contributed by atoms with Gasteiger partial charge in [0.2, 0.25) is 0 Å². The van der Waals surface area contributed by atoms with Crippen LogP contribution in [0.15, 0.2) is 0 Å². The van der Waals surface area contributed by atoms with E-state index < -0.39 is 8.32 Å². The number of hydrogen-bond donors (Lipinski definition) is 1. The second-order valence-corrected chi connectivity index (χ2v) is 11.5. The highest BCUT2D eigenvalue weighted by Crippen LogP contribution is 2.39. The van der Waals surface area contributed by atoms with E-state index in [1.165, 1.54) is 0 Å². The molecule has 0 saturated carbocycles. The number of nitrogens with zero attached hydrogens (tertiary/aromatic N) is 1. The molecule has 1 aliphatic rings. The van der Waals surface area contributed by atoms with Crippen LogP contribution in [0.1, 0.15) is 33.6 Å². The van der Waals surface area contributed by atoms with Crippen LogP contribution in [0, 0.1) is 0 Å².